The van der Waals surface area contributed by atoms with Gasteiger partial charge in [-0.25, -0.2) is 4.79 Å². The van der Waals surface area contributed by atoms with Crippen LogP contribution in [0.3, 0.4) is 0 Å². The molecule has 4 nitrogen and oxygen atoms in total. The van der Waals surface area contributed by atoms with Gasteiger partial charge in [-0.2, -0.15) is 5.26 Å². The van der Waals surface area contributed by atoms with Gasteiger partial charge in [0.05, 0.1) is 5.56 Å². The summed E-state index contributed by atoms with van der Waals surface area (Å²) in [4.78, 5) is 10.7. The Labute approximate surface area is 87.7 Å². The molecule has 0 spiro atoms. The van der Waals surface area contributed by atoms with Crippen molar-refractivity contribution in [1.82, 2.24) is 0 Å². The van der Waals surface area contributed by atoms with E-state index in [1.807, 2.05) is 13.0 Å². The molecule has 78 valence electrons. The molecular weight excluding hydrogens is 194 g/mol. The van der Waals surface area contributed by atoms with E-state index in [1.165, 1.54) is 12.1 Å². The summed E-state index contributed by atoms with van der Waals surface area (Å²) in [6.07, 6.45) is 0.0300. The fourth-order valence-electron chi connectivity index (χ4n) is 1.07. The molecule has 1 N–H and O–H groups in total. The molecule has 4 heteroatoms. The quantitative estimate of drug-likeness (QED) is 0.816. The van der Waals surface area contributed by atoms with Crippen LogP contribution in [0.5, 0.6) is 5.75 Å². The molecule has 15 heavy (non-hydrogen) atoms. The van der Waals surface area contributed by atoms with Crippen molar-refractivity contribution in [3.05, 3.63) is 29.8 Å². The molecule has 0 amide bonds. The Balaban J connectivity index is 2.83. The summed E-state index contributed by atoms with van der Waals surface area (Å²) >= 11 is 0. The van der Waals surface area contributed by atoms with Gasteiger partial charge in [-0.1, -0.05) is 13.0 Å². The van der Waals surface area contributed by atoms with Crippen molar-refractivity contribution in [3.8, 4) is 11.8 Å². The summed E-state index contributed by atoms with van der Waals surface area (Å²) in [6.45, 7) is 1.83. The molecule has 1 atom stereocenters. The lowest BCUT2D eigenvalue weighted by Crippen LogP contribution is -2.12. The smallest absolute Gasteiger partial charge is 0.335 e. The third kappa shape index (κ3) is 2.99. The lowest BCUT2D eigenvalue weighted by molar-refractivity contribution is 0.0696. The van der Waals surface area contributed by atoms with E-state index in [-0.39, 0.29) is 5.56 Å². The van der Waals surface area contributed by atoms with Crippen molar-refractivity contribution in [2.75, 3.05) is 0 Å². The highest BCUT2D eigenvalue weighted by Gasteiger charge is 2.08. The number of nitriles is 1. The topological polar surface area (TPSA) is 70.3 Å². The third-order valence-corrected chi connectivity index (χ3v) is 1.87. The maximum Gasteiger partial charge on any atom is 0.335 e. The Morgan fingerprint density at radius 1 is 1.67 bits per heavy atom. The molecule has 0 saturated carbocycles. The summed E-state index contributed by atoms with van der Waals surface area (Å²) in [5.41, 5.74) is 0.153. The summed E-state index contributed by atoms with van der Waals surface area (Å²) in [5.74, 6) is -0.603. The first-order valence-corrected chi connectivity index (χ1v) is 4.57. The van der Waals surface area contributed by atoms with Crippen molar-refractivity contribution in [2.24, 2.45) is 0 Å². The van der Waals surface area contributed by atoms with E-state index in [9.17, 15) is 4.79 Å². The first kappa shape index (κ1) is 11.1. The molecule has 0 heterocycles. The minimum Gasteiger partial charge on any atom is -0.478 e. The number of rotatable bonds is 4. The van der Waals surface area contributed by atoms with E-state index in [0.29, 0.717) is 12.2 Å². The Morgan fingerprint density at radius 2 is 2.40 bits per heavy atom. The first-order valence-electron chi connectivity index (χ1n) is 4.57. The second kappa shape index (κ2) is 5.01. The average molecular weight is 205 g/mol. The zero-order chi connectivity index (χ0) is 11.3. The van der Waals surface area contributed by atoms with E-state index >= 15 is 0 Å². The molecule has 0 aliphatic rings. The zero-order valence-corrected chi connectivity index (χ0v) is 8.30. The molecule has 1 aromatic rings. The monoisotopic (exact) mass is 205 g/mol. The van der Waals surface area contributed by atoms with E-state index in [2.05, 4.69) is 0 Å². The van der Waals surface area contributed by atoms with Crippen LogP contribution in [-0.2, 0) is 0 Å². The molecule has 1 aromatic carbocycles. The molecule has 0 bridgehead atoms. The fraction of sp³-hybridized carbons (Fsp3) is 0.273. The lowest BCUT2D eigenvalue weighted by Gasteiger charge is -2.10. The molecule has 0 aliphatic heterocycles. The van der Waals surface area contributed by atoms with Gasteiger partial charge in [0.15, 0.2) is 6.10 Å². The van der Waals surface area contributed by atoms with E-state index in [1.54, 1.807) is 12.1 Å². The first-order chi connectivity index (χ1) is 7.17. The lowest BCUT2D eigenvalue weighted by atomic mass is 10.2. The van der Waals surface area contributed by atoms with Crippen molar-refractivity contribution in [1.29, 1.82) is 5.26 Å². The van der Waals surface area contributed by atoms with Crippen LogP contribution < -0.4 is 4.74 Å². The predicted molar refractivity (Wildman–Crippen MR) is 53.7 cm³/mol. The van der Waals surface area contributed by atoms with E-state index in [0.717, 1.165) is 0 Å². The van der Waals surface area contributed by atoms with Crippen molar-refractivity contribution < 1.29 is 14.6 Å². The minimum atomic E-state index is -1.01. The second-order valence-electron chi connectivity index (χ2n) is 2.98. The number of carboxylic acid groups (broad SMARTS) is 1. The van der Waals surface area contributed by atoms with Crippen LogP contribution in [0, 0.1) is 11.3 Å². The molecule has 0 aliphatic carbocycles. The molecule has 0 saturated heterocycles. The standard InChI is InChI=1S/C11H11NO3/c1-2-9(7-12)15-10-5-3-4-8(6-10)11(13)14/h3-6,9H,2H2,1H3,(H,13,14). The third-order valence-electron chi connectivity index (χ3n) is 1.87. The number of nitrogens with zero attached hydrogens (tertiary/aromatic N) is 1. The van der Waals surface area contributed by atoms with Gasteiger partial charge < -0.3 is 9.84 Å². The van der Waals surface area contributed by atoms with E-state index < -0.39 is 12.1 Å². The van der Waals surface area contributed by atoms with Crippen LogP contribution in [-0.4, -0.2) is 17.2 Å². The van der Waals surface area contributed by atoms with Gasteiger partial charge in [-0.05, 0) is 24.6 Å². The van der Waals surface area contributed by atoms with Crippen LogP contribution in [0.2, 0.25) is 0 Å². The largest absolute Gasteiger partial charge is 0.478 e. The van der Waals surface area contributed by atoms with E-state index in [4.69, 9.17) is 15.1 Å². The number of hydrogen-bond donors (Lipinski definition) is 1. The Morgan fingerprint density at radius 3 is 2.93 bits per heavy atom. The Bertz CT molecular complexity index is 395. The molecule has 1 rings (SSSR count). The van der Waals surface area contributed by atoms with Gasteiger partial charge in [0.25, 0.3) is 0 Å². The van der Waals surface area contributed by atoms with Gasteiger partial charge in [0.2, 0.25) is 0 Å². The molecule has 0 radical (unpaired) electrons. The van der Waals surface area contributed by atoms with Gasteiger partial charge in [-0.15, -0.1) is 0 Å². The molecule has 0 aromatic heterocycles. The zero-order valence-electron chi connectivity index (χ0n) is 8.30. The number of ether oxygens (including phenoxy) is 1. The van der Waals surface area contributed by atoms with Gasteiger partial charge in [0.1, 0.15) is 11.8 Å². The number of aromatic carboxylic acids is 1. The summed E-state index contributed by atoms with van der Waals surface area (Å²) < 4.78 is 5.28. The highest BCUT2D eigenvalue weighted by Crippen LogP contribution is 2.15. The van der Waals surface area contributed by atoms with Crippen LogP contribution >= 0.6 is 0 Å². The molecular formula is C11H11NO3. The van der Waals surface area contributed by atoms with Crippen LogP contribution in [0.15, 0.2) is 24.3 Å². The fourth-order valence-corrected chi connectivity index (χ4v) is 1.07. The van der Waals surface area contributed by atoms with Gasteiger partial charge in [-0.3, -0.25) is 0 Å². The maximum atomic E-state index is 10.7. The van der Waals surface area contributed by atoms with Crippen molar-refractivity contribution in [3.63, 3.8) is 0 Å². The molecule has 0 fully saturated rings. The summed E-state index contributed by atoms with van der Waals surface area (Å²) in [6, 6.07) is 8.08. The van der Waals surface area contributed by atoms with Crippen LogP contribution in [0.1, 0.15) is 23.7 Å². The van der Waals surface area contributed by atoms with Crippen molar-refractivity contribution in [2.45, 2.75) is 19.4 Å². The molecule has 1 unspecified atom stereocenters. The van der Waals surface area contributed by atoms with Crippen LogP contribution in [0.25, 0.3) is 0 Å². The van der Waals surface area contributed by atoms with Gasteiger partial charge in [0, 0.05) is 0 Å². The number of benzene rings is 1. The van der Waals surface area contributed by atoms with Crippen molar-refractivity contribution >= 4 is 5.97 Å². The summed E-state index contributed by atoms with van der Waals surface area (Å²) in [7, 11) is 0. The number of carbonyl (C=O) groups is 1. The highest BCUT2D eigenvalue weighted by molar-refractivity contribution is 5.87. The Kier molecular flexibility index (Phi) is 3.69. The Hall–Kier alpha value is -2.02. The average Bonchev–Trinajstić information content (AvgIpc) is 2.26. The van der Waals surface area contributed by atoms with Crippen LogP contribution in [0.4, 0.5) is 0 Å². The number of hydrogen-bond acceptors (Lipinski definition) is 3. The number of carboxylic acids is 1. The predicted octanol–water partition coefficient (Wildman–Crippen LogP) is 2.07. The van der Waals surface area contributed by atoms with Gasteiger partial charge >= 0.3 is 5.97 Å². The normalized spacial score (nSPS) is 11.5. The SMILES string of the molecule is CCC(C#N)Oc1cccc(C(=O)O)c1. The highest BCUT2D eigenvalue weighted by atomic mass is 16.5. The minimum absolute atomic E-state index is 0.153. The second-order valence-corrected chi connectivity index (χ2v) is 2.98. The summed E-state index contributed by atoms with van der Waals surface area (Å²) in [5, 5.41) is 17.4. The maximum absolute atomic E-state index is 10.7.